The highest BCUT2D eigenvalue weighted by Gasteiger charge is 2.30. The van der Waals surface area contributed by atoms with Gasteiger partial charge in [-0.1, -0.05) is 12.1 Å². The van der Waals surface area contributed by atoms with Crippen molar-refractivity contribution in [1.82, 2.24) is 4.31 Å². The van der Waals surface area contributed by atoms with E-state index in [1.165, 1.54) is 0 Å². The molecule has 1 aliphatic rings. The summed E-state index contributed by atoms with van der Waals surface area (Å²) < 4.78 is 32.4. The first-order valence-corrected chi connectivity index (χ1v) is 8.85. The lowest BCUT2D eigenvalue weighted by Gasteiger charge is -2.31. The van der Waals surface area contributed by atoms with Crippen molar-refractivity contribution in [3.8, 4) is 0 Å². The van der Waals surface area contributed by atoms with Gasteiger partial charge < -0.3 is 10.1 Å². The summed E-state index contributed by atoms with van der Waals surface area (Å²) in [6.07, 6.45) is 1.72. The number of nitrogens with one attached hydrogen (secondary N) is 1. The fourth-order valence-corrected chi connectivity index (χ4v) is 4.36. The molecule has 0 unspecified atom stereocenters. The van der Waals surface area contributed by atoms with Gasteiger partial charge in [0.15, 0.2) is 0 Å². The summed E-state index contributed by atoms with van der Waals surface area (Å²) in [6.45, 7) is 4.50. The van der Waals surface area contributed by atoms with Crippen molar-refractivity contribution in [1.29, 1.82) is 0 Å². The maximum atomic E-state index is 12.8. The van der Waals surface area contributed by atoms with E-state index in [0.29, 0.717) is 42.7 Å². The summed E-state index contributed by atoms with van der Waals surface area (Å²) in [7, 11) is -1.73. The van der Waals surface area contributed by atoms with Crippen molar-refractivity contribution < 1.29 is 13.2 Å². The molecule has 0 spiro atoms. The van der Waals surface area contributed by atoms with Gasteiger partial charge in [0.25, 0.3) is 0 Å². The molecule has 0 bridgehead atoms. The molecule has 1 fully saturated rings. The molecular weight excluding hydrogens is 288 g/mol. The second-order valence-electron chi connectivity index (χ2n) is 5.33. The van der Waals surface area contributed by atoms with Crippen molar-refractivity contribution in [2.45, 2.75) is 24.7 Å². The number of anilines is 1. The number of hydrogen-bond acceptors (Lipinski definition) is 4. The van der Waals surface area contributed by atoms with Crippen LogP contribution in [0.3, 0.4) is 0 Å². The second-order valence-corrected chi connectivity index (χ2v) is 7.24. The van der Waals surface area contributed by atoms with Crippen LogP contribution in [0, 0.1) is 5.92 Å². The average Bonchev–Trinajstić information content (AvgIpc) is 2.49. The van der Waals surface area contributed by atoms with E-state index in [1.807, 2.05) is 19.1 Å². The molecule has 0 saturated carbocycles. The van der Waals surface area contributed by atoms with Crippen LogP contribution >= 0.6 is 0 Å². The molecular formula is C15H24N2O3S. The van der Waals surface area contributed by atoms with Gasteiger partial charge in [-0.2, -0.15) is 4.31 Å². The second kappa shape index (κ2) is 7.24. The molecule has 1 aromatic carbocycles. The summed E-state index contributed by atoms with van der Waals surface area (Å²) in [5.41, 5.74) is 0.680. The number of piperidine rings is 1. The minimum Gasteiger partial charge on any atom is -0.384 e. The van der Waals surface area contributed by atoms with Gasteiger partial charge in [-0.3, -0.25) is 0 Å². The van der Waals surface area contributed by atoms with Gasteiger partial charge in [-0.25, -0.2) is 8.42 Å². The first-order chi connectivity index (χ1) is 10.1. The molecule has 0 radical (unpaired) electrons. The molecule has 6 heteroatoms. The van der Waals surface area contributed by atoms with Crippen LogP contribution in [0.1, 0.15) is 19.8 Å². The van der Waals surface area contributed by atoms with Gasteiger partial charge in [-0.05, 0) is 37.8 Å². The zero-order chi connectivity index (χ0) is 15.3. The first kappa shape index (κ1) is 16.3. The Morgan fingerprint density at radius 1 is 1.29 bits per heavy atom. The highest BCUT2D eigenvalue weighted by atomic mass is 32.2. The minimum atomic E-state index is -3.42. The number of para-hydroxylation sites is 1. The number of sulfonamides is 1. The number of nitrogens with zero attached hydrogens (tertiary/aromatic N) is 1. The normalized spacial score (nSPS) is 17.8. The molecule has 0 aromatic heterocycles. The SMILES string of the molecule is CCNc1ccccc1S(=O)(=O)N1CCC(COC)CC1. The van der Waals surface area contributed by atoms with Crippen LogP contribution < -0.4 is 5.32 Å². The Balaban J connectivity index is 2.16. The lowest BCUT2D eigenvalue weighted by atomic mass is 9.99. The van der Waals surface area contributed by atoms with E-state index in [2.05, 4.69) is 5.32 Å². The molecule has 0 amide bonds. The quantitative estimate of drug-likeness (QED) is 0.874. The first-order valence-electron chi connectivity index (χ1n) is 7.41. The van der Waals surface area contributed by atoms with Crippen LogP contribution in [0.15, 0.2) is 29.2 Å². The summed E-state index contributed by atoms with van der Waals surface area (Å²) in [5, 5.41) is 3.12. The minimum absolute atomic E-state index is 0.372. The fraction of sp³-hybridized carbons (Fsp3) is 0.600. The van der Waals surface area contributed by atoms with E-state index in [1.54, 1.807) is 23.5 Å². The van der Waals surface area contributed by atoms with Crippen LogP contribution in [0.4, 0.5) is 5.69 Å². The highest BCUT2D eigenvalue weighted by Crippen LogP contribution is 2.28. The van der Waals surface area contributed by atoms with Gasteiger partial charge in [0, 0.05) is 33.4 Å². The maximum Gasteiger partial charge on any atom is 0.245 e. The summed E-state index contributed by atoms with van der Waals surface area (Å²) >= 11 is 0. The largest absolute Gasteiger partial charge is 0.384 e. The molecule has 118 valence electrons. The zero-order valence-electron chi connectivity index (χ0n) is 12.7. The Hall–Kier alpha value is -1.11. The Morgan fingerprint density at radius 3 is 2.57 bits per heavy atom. The van der Waals surface area contributed by atoms with E-state index >= 15 is 0 Å². The monoisotopic (exact) mass is 312 g/mol. The van der Waals surface area contributed by atoms with Gasteiger partial charge in [0.2, 0.25) is 10.0 Å². The number of methoxy groups -OCH3 is 1. The van der Waals surface area contributed by atoms with E-state index in [-0.39, 0.29) is 0 Å². The smallest absolute Gasteiger partial charge is 0.245 e. The van der Waals surface area contributed by atoms with E-state index in [4.69, 9.17) is 4.74 Å². The Bertz CT molecular complexity index is 552. The molecule has 2 rings (SSSR count). The number of rotatable bonds is 6. The molecule has 0 aliphatic carbocycles. The summed E-state index contributed by atoms with van der Waals surface area (Å²) in [5.74, 6) is 0.463. The Kier molecular flexibility index (Phi) is 5.61. The van der Waals surface area contributed by atoms with Crippen LogP contribution in [0.25, 0.3) is 0 Å². The van der Waals surface area contributed by atoms with E-state index in [0.717, 1.165) is 12.8 Å². The number of hydrogen-bond donors (Lipinski definition) is 1. The predicted molar refractivity (Wildman–Crippen MR) is 84.0 cm³/mol. The third kappa shape index (κ3) is 3.75. The Morgan fingerprint density at radius 2 is 1.95 bits per heavy atom. The lowest BCUT2D eigenvalue weighted by Crippen LogP contribution is -2.39. The third-order valence-electron chi connectivity index (χ3n) is 3.85. The van der Waals surface area contributed by atoms with Crippen LogP contribution in [0.2, 0.25) is 0 Å². The van der Waals surface area contributed by atoms with Gasteiger partial charge >= 0.3 is 0 Å². The van der Waals surface area contributed by atoms with E-state index in [9.17, 15) is 8.42 Å². The number of benzene rings is 1. The van der Waals surface area contributed by atoms with Gasteiger partial charge in [0.05, 0.1) is 5.69 Å². The van der Waals surface area contributed by atoms with Crippen molar-refractivity contribution in [3.05, 3.63) is 24.3 Å². The third-order valence-corrected chi connectivity index (χ3v) is 5.80. The van der Waals surface area contributed by atoms with Gasteiger partial charge in [0.1, 0.15) is 4.90 Å². The highest BCUT2D eigenvalue weighted by molar-refractivity contribution is 7.89. The molecule has 1 heterocycles. The topological polar surface area (TPSA) is 58.6 Å². The molecule has 0 atom stereocenters. The van der Waals surface area contributed by atoms with Crippen LogP contribution in [-0.4, -0.2) is 46.1 Å². The Labute approximate surface area is 127 Å². The lowest BCUT2D eigenvalue weighted by molar-refractivity contribution is 0.121. The van der Waals surface area contributed by atoms with Crippen LogP contribution in [0.5, 0.6) is 0 Å². The van der Waals surface area contributed by atoms with E-state index < -0.39 is 10.0 Å². The van der Waals surface area contributed by atoms with Crippen molar-refractivity contribution in [3.63, 3.8) is 0 Å². The van der Waals surface area contributed by atoms with Crippen molar-refractivity contribution in [2.24, 2.45) is 5.92 Å². The molecule has 1 aromatic rings. The molecule has 5 nitrogen and oxygen atoms in total. The molecule has 1 saturated heterocycles. The number of ether oxygens (including phenoxy) is 1. The average molecular weight is 312 g/mol. The predicted octanol–water partition coefficient (Wildman–Crippen LogP) is 2.17. The van der Waals surface area contributed by atoms with Gasteiger partial charge in [-0.15, -0.1) is 0 Å². The maximum absolute atomic E-state index is 12.8. The summed E-state index contributed by atoms with van der Waals surface area (Å²) in [4.78, 5) is 0.372. The van der Waals surface area contributed by atoms with Crippen molar-refractivity contribution in [2.75, 3.05) is 38.7 Å². The molecule has 1 aliphatic heterocycles. The fourth-order valence-electron chi connectivity index (χ4n) is 2.72. The molecule has 21 heavy (non-hydrogen) atoms. The van der Waals surface area contributed by atoms with Crippen molar-refractivity contribution >= 4 is 15.7 Å². The summed E-state index contributed by atoms with van der Waals surface area (Å²) in [6, 6.07) is 7.11. The zero-order valence-corrected chi connectivity index (χ0v) is 13.5. The van der Waals surface area contributed by atoms with Crippen LogP contribution in [-0.2, 0) is 14.8 Å². The standard InChI is InChI=1S/C15H24N2O3S/c1-3-16-14-6-4-5-7-15(14)21(18,19)17-10-8-13(9-11-17)12-20-2/h4-7,13,16H,3,8-12H2,1-2H3. The molecule has 1 N–H and O–H groups in total.